The molecule has 3 unspecified atom stereocenters. The number of ether oxygens (including phenoxy) is 1. The van der Waals surface area contributed by atoms with Crippen LogP contribution in [-0.4, -0.2) is 18.8 Å². The minimum atomic E-state index is 0.242. The standard InChI is InChI=1S/C13H19ClN2O/c1-9-12(5-6-17-9)13(16-15)8-10-3-2-4-11(14)7-10/h2-4,7,9,12-13,16H,5-6,8,15H2,1H3. The van der Waals surface area contributed by atoms with E-state index in [9.17, 15) is 0 Å². The SMILES string of the molecule is CC1OCCC1C(Cc1cccc(Cl)c1)NN. The smallest absolute Gasteiger partial charge is 0.0591 e. The minimum Gasteiger partial charge on any atom is -0.378 e. The van der Waals surface area contributed by atoms with Gasteiger partial charge in [0.1, 0.15) is 0 Å². The Morgan fingerprint density at radius 2 is 2.41 bits per heavy atom. The highest BCUT2D eigenvalue weighted by Crippen LogP contribution is 2.26. The third kappa shape index (κ3) is 3.19. The van der Waals surface area contributed by atoms with Gasteiger partial charge in [-0.1, -0.05) is 23.7 Å². The molecule has 94 valence electrons. The molecule has 0 amide bonds. The van der Waals surface area contributed by atoms with Crippen molar-refractivity contribution in [2.45, 2.75) is 31.9 Å². The van der Waals surface area contributed by atoms with Crippen molar-refractivity contribution < 1.29 is 4.74 Å². The quantitative estimate of drug-likeness (QED) is 0.639. The maximum absolute atomic E-state index is 5.98. The summed E-state index contributed by atoms with van der Waals surface area (Å²) in [7, 11) is 0. The topological polar surface area (TPSA) is 47.3 Å². The number of hydrogen-bond donors (Lipinski definition) is 2. The third-order valence-electron chi connectivity index (χ3n) is 3.51. The van der Waals surface area contributed by atoms with Crippen molar-refractivity contribution in [1.29, 1.82) is 0 Å². The van der Waals surface area contributed by atoms with E-state index in [1.165, 1.54) is 5.56 Å². The van der Waals surface area contributed by atoms with Crippen molar-refractivity contribution in [2.24, 2.45) is 11.8 Å². The van der Waals surface area contributed by atoms with Crippen LogP contribution >= 0.6 is 11.6 Å². The molecule has 1 aliphatic rings. The fourth-order valence-corrected chi connectivity index (χ4v) is 2.74. The molecule has 1 aliphatic heterocycles. The summed E-state index contributed by atoms with van der Waals surface area (Å²) in [5.41, 5.74) is 4.13. The van der Waals surface area contributed by atoms with Gasteiger partial charge in [-0.15, -0.1) is 0 Å². The van der Waals surface area contributed by atoms with E-state index in [1.807, 2.05) is 18.2 Å². The highest BCUT2D eigenvalue weighted by molar-refractivity contribution is 6.30. The van der Waals surface area contributed by atoms with Crippen LogP contribution in [0.3, 0.4) is 0 Å². The van der Waals surface area contributed by atoms with Gasteiger partial charge in [-0.3, -0.25) is 11.3 Å². The molecule has 1 aromatic carbocycles. The van der Waals surface area contributed by atoms with E-state index in [0.29, 0.717) is 5.92 Å². The second-order valence-corrected chi connectivity index (χ2v) is 5.07. The molecule has 3 atom stereocenters. The number of nitrogens with two attached hydrogens (primary N) is 1. The lowest BCUT2D eigenvalue weighted by atomic mass is 9.89. The molecule has 0 saturated carbocycles. The van der Waals surface area contributed by atoms with Crippen LogP contribution in [0.1, 0.15) is 18.9 Å². The summed E-state index contributed by atoms with van der Waals surface area (Å²) in [6.07, 6.45) is 2.22. The zero-order chi connectivity index (χ0) is 12.3. The van der Waals surface area contributed by atoms with Gasteiger partial charge in [-0.05, 0) is 37.5 Å². The zero-order valence-corrected chi connectivity index (χ0v) is 10.8. The van der Waals surface area contributed by atoms with Crippen LogP contribution in [0.2, 0.25) is 5.02 Å². The number of hydrogen-bond acceptors (Lipinski definition) is 3. The van der Waals surface area contributed by atoms with E-state index < -0.39 is 0 Å². The fourth-order valence-electron chi connectivity index (χ4n) is 2.53. The van der Waals surface area contributed by atoms with E-state index in [-0.39, 0.29) is 12.1 Å². The van der Waals surface area contributed by atoms with E-state index in [4.69, 9.17) is 22.2 Å². The van der Waals surface area contributed by atoms with Crippen LogP contribution in [0.5, 0.6) is 0 Å². The highest BCUT2D eigenvalue weighted by Gasteiger charge is 2.31. The Morgan fingerprint density at radius 3 is 3.00 bits per heavy atom. The molecule has 0 spiro atoms. The molecule has 0 aliphatic carbocycles. The van der Waals surface area contributed by atoms with Gasteiger partial charge in [0.2, 0.25) is 0 Å². The van der Waals surface area contributed by atoms with E-state index >= 15 is 0 Å². The highest BCUT2D eigenvalue weighted by atomic mass is 35.5. The summed E-state index contributed by atoms with van der Waals surface area (Å²) in [4.78, 5) is 0. The van der Waals surface area contributed by atoms with E-state index in [2.05, 4.69) is 18.4 Å². The average Bonchev–Trinajstić information content (AvgIpc) is 2.72. The summed E-state index contributed by atoms with van der Waals surface area (Å²) in [5.74, 6) is 6.13. The first-order chi connectivity index (χ1) is 8.20. The monoisotopic (exact) mass is 254 g/mol. The average molecular weight is 255 g/mol. The molecule has 2 rings (SSSR count). The van der Waals surface area contributed by atoms with Gasteiger partial charge in [-0.25, -0.2) is 0 Å². The first-order valence-electron chi connectivity index (χ1n) is 6.03. The molecule has 1 aromatic rings. The van der Waals surface area contributed by atoms with Crippen LogP contribution in [0.15, 0.2) is 24.3 Å². The van der Waals surface area contributed by atoms with E-state index in [0.717, 1.165) is 24.5 Å². The maximum atomic E-state index is 5.98. The Labute approximate surface area is 107 Å². The molecule has 1 heterocycles. The first-order valence-corrected chi connectivity index (χ1v) is 6.40. The number of hydrazine groups is 1. The lowest BCUT2D eigenvalue weighted by Gasteiger charge is -2.25. The van der Waals surface area contributed by atoms with Crippen molar-refractivity contribution in [3.63, 3.8) is 0 Å². The predicted molar refractivity (Wildman–Crippen MR) is 69.8 cm³/mol. The van der Waals surface area contributed by atoms with Gasteiger partial charge >= 0.3 is 0 Å². The number of benzene rings is 1. The van der Waals surface area contributed by atoms with Crippen LogP contribution < -0.4 is 11.3 Å². The summed E-state index contributed by atoms with van der Waals surface area (Å²) in [5, 5.41) is 0.772. The van der Waals surface area contributed by atoms with Gasteiger partial charge in [0.25, 0.3) is 0 Å². The lowest BCUT2D eigenvalue weighted by molar-refractivity contribution is 0.0954. The molecule has 0 bridgehead atoms. The number of rotatable bonds is 4. The second kappa shape index (κ2) is 5.83. The second-order valence-electron chi connectivity index (χ2n) is 4.64. The Hall–Kier alpha value is -0.610. The Balaban J connectivity index is 2.04. The van der Waals surface area contributed by atoms with E-state index in [1.54, 1.807) is 0 Å². The zero-order valence-electron chi connectivity index (χ0n) is 10.0. The Morgan fingerprint density at radius 1 is 1.59 bits per heavy atom. The van der Waals surface area contributed by atoms with Crippen molar-refractivity contribution in [1.82, 2.24) is 5.43 Å². The Bertz CT molecular complexity index is 372. The molecule has 3 nitrogen and oxygen atoms in total. The molecule has 0 radical (unpaired) electrons. The molecule has 0 aromatic heterocycles. The summed E-state index contributed by atoms with van der Waals surface area (Å²) < 4.78 is 5.59. The van der Waals surface area contributed by atoms with Crippen molar-refractivity contribution in [2.75, 3.05) is 6.61 Å². The van der Waals surface area contributed by atoms with Gasteiger partial charge < -0.3 is 4.74 Å². The summed E-state index contributed by atoms with van der Waals surface area (Å²) >= 11 is 5.98. The van der Waals surface area contributed by atoms with Crippen molar-refractivity contribution >= 4 is 11.6 Å². The minimum absolute atomic E-state index is 0.242. The molecule has 1 fully saturated rings. The van der Waals surface area contributed by atoms with Gasteiger partial charge in [-0.2, -0.15) is 0 Å². The number of halogens is 1. The van der Waals surface area contributed by atoms with Crippen LogP contribution in [0, 0.1) is 5.92 Å². The molecular formula is C13H19ClN2O. The largest absolute Gasteiger partial charge is 0.378 e. The molecule has 3 N–H and O–H groups in total. The molecule has 17 heavy (non-hydrogen) atoms. The van der Waals surface area contributed by atoms with Crippen molar-refractivity contribution in [3.8, 4) is 0 Å². The maximum Gasteiger partial charge on any atom is 0.0591 e. The molecule has 1 saturated heterocycles. The number of nitrogens with one attached hydrogen (secondary N) is 1. The molecular weight excluding hydrogens is 236 g/mol. The van der Waals surface area contributed by atoms with Gasteiger partial charge in [0.05, 0.1) is 6.10 Å². The molecule has 4 heteroatoms. The van der Waals surface area contributed by atoms with Crippen molar-refractivity contribution in [3.05, 3.63) is 34.9 Å². The Kier molecular flexibility index (Phi) is 4.40. The fraction of sp³-hybridized carbons (Fsp3) is 0.538. The summed E-state index contributed by atoms with van der Waals surface area (Å²) in [6, 6.07) is 8.17. The van der Waals surface area contributed by atoms with Gasteiger partial charge in [0.15, 0.2) is 0 Å². The third-order valence-corrected chi connectivity index (χ3v) is 3.75. The summed E-state index contributed by atoms with van der Waals surface area (Å²) in [6.45, 7) is 2.94. The first kappa shape index (κ1) is 12.8. The predicted octanol–water partition coefficient (Wildman–Crippen LogP) is 2.14. The normalized spacial score (nSPS) is 26.1. The van der Waals surface area contributed by atoms with Crippen LogP contribution in [0.25, 0.3) is 0 Å². The van der Waals surface area contributed by atoms with Crippen LogP contribution in [0.4, 0.5) is 0 Å². The van der Waals surface area contributed by atoms with Gasteiger partial charge in [0, 0.05) is 23.6 Å². The lowest BCUT2D eigenvalue weighted by Crippen LogP contribution is -2.44. The van der Waals surface area contributed by atoms with Crippen LogP contribution in [-0.2, 0) is 11.2 Å².